The van der Waals surface area contributed by atoms with E-state index >= 15 is 0 Å². The highest BCUT2D eigenvalue weighted by Gasteiger charge is 2.40. The van der Waals surface area contributed by atoms with Gasteiger partial charge >= 0.3 is 49.4 Å². The molecule has 22 rings (SSSR count). The molecule has 4 aromatic heterocycles. The Kier molecular flexibility index (Phi) is 20.4. The van der Waals surface area contributed by atoms with E-state index in [0.29, 0.717) is 77.0 Å². The summed E-state index contributed by atoms with van der Waals surface area (Å²) in [4.78, 5) is 0. The van der Waals surface area contributed by atoms with E-state index in [1.807, 2.05) is 172 Å². The van der Waals surface area contributed by atoms with Crippen LogP contribution in [0.25, 0.3) is 198 Å². The maximum atomic E-state index is 14.1. The summed E-state index contributed by atoms with van der Waals surface area (Å²) < 4.78 is 345. The number of hydrogen-bond acceptors (Lipinski definition) is 0. The van der Waals surface area contributed by atoms with Crippen molar-refractivity contribution in [3.8, 4) is 67.3 Å². The van der Waals surface area contributed by atoms with E-state index in [1.165, 1.54) is 48.5 Å². The Bertz CT molecular complexity index is 8040. The number of benzene rings is 18. The van der Waals surface area contributed by atoms with Crippen LogP contribution in [0.15, 0.2) is 328 Å². The number of rotatable bonds is 8. The lowest BCUT2D eigenvalue weighted by Gasteiger charge is -2.22. The Hall–Kier alpha value is -15.5. The van der Waals surface area contributed by atoms with Crippen LogP contribution in [0, 0.1) is 13.8 Å². The molecule has 0 aliphatic carbocycles. The van der Waals surface area contributed by atoms with Gasteiger partial charge in [-0.3, -0.25) is 0 Å². The van der Waals surface area contributed by atoms with Crippen molar-refractivity contribution in [3.63, 3.8) is 0 Å². The number of nitrogens with zero attached hydrogens (tertiary/aromatic N) is 4. The van der Waals surface area contributed by atoms with Crippen LogP contribution in [0.4, 0.5) is 105 Å². The number of hydrogen-bond donors (Lipinski definition) is 0. The Balaban J connectivity index is 0.000000165. The number of aromatic nitrogens is 4. The average Bonchev–Trinajstić information content (AvgIpc) is 1.21. The second-order valence-corrected chi connectivity index (χ2v) is 34.0. The van der Waals surface area contributed by atoms with Crippen LogP contribution < -0.4 is 0 Å². The van der Waals surface area contributed by atoms with E-state index in [-0.39, 0.29) is 87.2 Å². The SMILES string of the molecule is Cc1ccccc1-c1c2ccc(-n3c4ccc(C(F)(F)F)cc4c4cc(C(F)(F)F)ccc43)cc2c(-c2ccccc2C)c2ccc(-n3c4ccc(C(F)(F)F)cc4c4cc(C(F)(F)F)ccc43)cc12.FC(F)(F)c1ccc2c(c1)c1cc(C(F)(F)F)ccc1n2-c1ccc2c(-c3ccccc3)c3cc(-n4c5ccc(C(F)(F)F)cc5c5cc(C(F)(F)F)ccc54)ccc3c(-c3ccccc3)c2c1. The fourth-order valence-corrected chi connectivity index (χ4v) is 19.7. The molecule has 0 fully saturated rings. The van der Waals surface area contributed by atoms with E-state index in [9.17, 15) is 105 Å². The molecular weight excluding hydrogens is 1830 g/mol. The lowest BCUT2D eigenvalue weighted by atomic mass is 9.83. The topological polar surface area (TPSA) is 19.7 Å². The molecule has 0 bridgehead atoms. The van der Waals surface area contributed by atoms with Crippen LogP contribution in [0.5, 0.6) is 0 Å². The molecule has 4 nitrogen and oxygen atoms in total. The van der Waals surface area contributed by atoms with Crippen LogP contribution in [0.3, 0.4) is 0 Å². The van der Waals surface area contributed by atoms with Crippen molar-refractivity contribution >= 4 is 130 Å². The zero-order valence-corrected chi connectivity index (χ0v) is 71.0. The number of alkyl halides is 24. The van der Waals surface area contributed by atoms with Gasteiger partial charge in [-0.15, -0.1) is 0 Å². The molecule has 0 spiro atoms. The van der Waals surface area contributed by atoms with Gasteiger partial charge in [-0.05, 0) is 307 Å². The predicted molar refractivity (Wildman–Crippen MR) is 491 cm³/mol. The summed E-state index contributed by atoms with van der Waals surface area (Å²) in [6.45, 7) is 3.85. The van der Waals surface area contributed by atoms with Crippen LogP contribution in [0.1, 0.15) is 55.6 Å². The van der Waals surface area contributed by atoms with Crippen molar-refractivity contribution in [1.29, 1.82) is 0 Å². The summed E-state index contributed by atoms with van der Waals surface area (Å²) in [5.74, 6) is 0. The van der Waals surface area contributed by atoms with E-state index in [4.69, 9.17) is 0 Å². The summed E-state index contributed by atoms with van der Waals surface area (Å²) in [6, 6.07) is 79.4. The summed E-state index contributed by atoms with van der Waals surface area (Å²) >= 11 is 0. The zero-order valence-electron chi connectivity index (χ0n) is 71.0. The fraction of sp³-hybridized carbons (Fsp3) is 0.0909. The molecule has 18 aromatic carbocycles. The molecule has 0 unspecified atom stereocenters. The van der Waals surface area contributed by atoms with E-state index in [0.717, 1.165) is 142 Å². The van der Waals surface area contributed by atoms with Crippen molar-refractivity contribution < 1.29 is 105 Å². The van der Waals surface area contributed by atoms with E-state index < -0.39 is 93.9 Å². The van der Waals surface area contributed by atoms with Gasteiger partial charge in [0.15, 0.2) is 0 Å². The molecule has 0 saturated heterocycles. The molecule has 22 aromatic rings. The maximum Gasteiger partial charge on any atom is 0.416 e. The first-order valence-electron chi connectivity index (χ1n) is 42.6. The van der Waals surface area contributed by atoms with E-state index in [1.54, 1.807) is 42.5 Å². The van der Waals surface area contributed by atoms with Gasteiger partial charge in [0.1, 0.15) is 0 Å². The number of halogens is 24. The molecule has 0 N–H and O–H groups in total. The van der Waals surface area contributed by atoms with Crippen molar-refractivity contribution in [1.82, 2.24) is 18.3 Å². The average molecular weight is 1890 g/mol. The normalized spacial score (nSPS) is 13.0. The largest absolute Gasteiger partial charge is 0.416 e. The van der Waals surface area contributed by atoms with Crippen LogP contribution in [-0.4, -0.2) is 18.3 Å². The van der Waals surface area contributed by atoms with Crippen LogP contribution in [-0.2, 0) is 49.4 Å². The van der Waals surface area contributed by atoms with Crippen molar-refractivity contribution in [3.05, 3.63) is 383 Å². The number of fused-ring (bicyclic) bond motifs is 16. The second-order valence-electron chi connectivity index (χ2n) is 34.0. The highest BCUT2D eigenvalue weighted by atomic mass is 19.4. The van der Waals surface area contributed by atoms with Gasteiger partial charge in [-0.1, -0.05) is 133 Å². The van der Waals surface area contributed by atoms with Gasteiger partial charge in [0, 0.05) is 65.8 Å². The highest BCUT2D eigenvalue weighted by Crippen LogP contribution is 2.54. The summed E-state index contributed by atoms with van der Waals surface area (Å²) in [7, 11) is 0. The Labute approximate surface area is 763 Å². The lowest BCUT2D eigenvalue weighted by Crippen LogP contribution is -2.04. The minimum absolute atomic E-state index is 0.0314. The molecule has 0 radical (unpaired) electrons. The van der Waals surface area contributed by atoms with Gasteiger partial charge < -0.3 is 18.3 Å². The van der Waals surface area contributed by atoms with Gasteiger partial charge in [0.25, 0.3) is 0 Å². The monoisotopic (exact) mass is 1890 g/mol. The van der Waals surface area contributed by atoms with Crippen molar-refractivity contribution in [2.75, 3.05) is 0 Å². The zero-order chi connectivity index (χ0) is 97.1. The summed E-state index contributed by atoms with van der Waals surface area (Å²) in [6.07, 6.45) is -38.2. The third-order valence-corrected chi connectivity index (χ3v) is 25.8. The Morgan fingerprint density at radius 1 is 0.152 bits per heavy atom. The smallest absolute Gasteiger partial charge is 0.309 e. The van der Waals surface area contributed by atoms with Gasteiger partial charge in [-0.25, -0.2) is 0 Å². The Morgan fingerprint density at radius 2 is 0.326 bits per heavy atom. The first-order valence-corrected chi connectivity index (χ1v) is 42.6. The van der Waals surface area contributed by atoms with E-state index in [2.05, 4.69) is 0 Å². The van der Waals surface area contributed by atoms with Gasteiger partial charge in [0.2, 0.25) is 0 Å². The van der Waals surface area contributed by atoms with Gasteiger partial charge in [0.05, 0.1) is 88.6 Å². The van der Waals surface area contributed by atoms with Crippen LogP contribution in [0.2, 0.25) is 0 Å². The minimum Gasteiger partial charge on any atom is -0.309 e. The minimum atomic E-state index is -4.78. The molecule has 688 valence electrons. The first kappa shape index (κ1) is 89.1. The van der Waals surface area contributed by atoms with Crippen LogP contribution >= 0.6 is 0 Å². The fourth-order valence-electron chi connectivity index (χ4n) is 19.7. The molecule has 0 aliphatic rings. The Morgan fingerprint density at radius 3 is 0.514 bits per heavy atom. The van der Waals surface area contributed by atoms with Gasteiger partial charge in [-0.2, -0.15) is 105 Å². The third kappa shape index (κ3) is 15.0. The molecule has 0 amide bonds. The molecule has 0 atom stereocenters. The molecule has 4 heterocycles. The summed E-state index contributed by atoms with van der Waals surface area (Å²) in [5.41, 5.74) is 3.09. The predicted octanol–water partition coefficient (Wildman–Crippen LogP) is 35.8. The quantitative estimate of drug-likeness (QED) is 0.107. The molecular formula is C110H60F24N4. The third-order valence-electron chi connectivity index (χ3n) is 25.8. The second kappa shape index (κ2) is 31.6. The molecule has 0 saturated carbocycles. The van der Waals surface area contributed by atoms with Crippen molar-refractivity contribution in [2.45, 2.75) is 63.3 Å². The molecule has 0 aliphatic heterocycles. The van der Waals surface area contributed by atoms with Crippen molar-refractivity contribution in [2.24, 2.45) is 0 Å². The first-order chi connectivity index (χ1) is 65.3. The highest BCUT2D eigenvalue weighted by molar-refractivity contribution is 6.25. The lowest BCUT2D eigenvalue weighted by molar-refractivity contribution is -0.138. The molecule has 28 heteroatoms. The summed E-state index contributed by atoms with van der Waals surface area (Å²) in [5, 5.41) is 5.21. The molecule has 138 heavy (non-hydrogen) atoms. The number of aryl methyl sites for hydroxylation is 2. The maximum absolute atomic E-state index is 14.1. The standard InChI is InChI=1S/C56H32F12N2.C54H28F12N2/c1-29-7-3-5-9-37(29)51-39-17-15-36(70-49-21-13-33(55(63,64)65)25-43(49)44-26-34(56(66,67)68)14-22-50(44)70)28-46(39)52(38-10-6-4-8-30(38)2)40-18-16-35(27-45(40)51)69-47-19-11-31(53(57,58)59)23-41(47)42-24-32(54(60,61)62)12-20-48(42)69;55-51(56,57)31-11-19-45-39(23-31)40-24-32(52(58,59)60)12-20-46(40)67(45)35-16-18-38-43(27-35)49(29-7-3-1-4-8-29)37-17-15-36(28-44(37)50(38)30-9-5-2-6-10-30)68-47-21-13-33(53(61,62)63)25-41(47)42-26-34(54(64,65)66)14-22-48(42)68/h3-28H,1-2H3;1-28H.